The van der Waals surface area contributed by atoms with Crippen LogP contribution in [-0.4, -0.2) is 30.7 Å². The largest absolute Gasteiger partial charge is 0.286 e. The van der Waals surface area contributed by atoms with Crippen molar-refractivity contribution in [3.05, 3.63) is 0 Å². The molecule has 0 aromatic carbocycles. The van der Waals surface area contributed by atoms with E-state index in [0.29, 0.717) is 6.04 Å². The van der Waals surface area contributed by atoms with Gasteiger partial charge in [0.15, 0.2) is 0 Å². The Bertz CT molecular complexity index is 64.9. The van der Waals surface area contributed by atoms with Gasteiger partial charge in [-0.15, -0.1) is 0 Å². The van der Waals surface area contributed by atoms with Crippen molar-refractivity contribution in [3.63, 3.8) is 0 Å². The van der Waals surface area contributed by atoms with Crippen molar-refractivity contribution in [2.45, 2.75) is 19.9 Å². The third-order valence-electron chi connectivity index (χ3n) is 1.56. The summed E-state index contributed by atoms with van der Waals surface area (Å²) in [7, 11) is 0. The Morgan fingerprint density at radius 2 is 2.25 bits per heavy atom. The van der Waals surface area contributed by atoms with Gasteiger partial charge in [0.2, 0.25) is 0 Å². The van der Waals surface area contributed by atoms with Crippen LogP contribution in [0.4, 0.5) is 0 Å². The van der Waals surface area contributed by atoms with Gasteiger partial charge in [-0.1, -0.05) is 0 Å². The molecule has 1 radical (unpaired) electrons. The number of hydrogen-bond acceptors (Lipinski definition) is 1. The first kappa shape index (κ1) is 6.05. The van der Waals surface area contributed by atoms with Crippen molar-refractivity contribution < 1.29 is 0 Å². The summed E-state index contributed by atoms with van der Waals surface area (Å²) in [6.45, 7) is 7.58. The zero-order valence-electron chi connectivity index (χ0n) is 5.59. The van der Waals surface area contributed by atoms with Crippen LogP contribution < -0.4 is 5.32 Å². The monoisotopic (exact) mass is 113 g/mol. The minimum atomic E-state index is 0.682. The van der Waals surface area contributed by atoms with E-state index in [0.717, 1.165) is 19.8 Å². The average Bonchev–Trinajstić information content (AvgIpc) is 2.12. The predicted molar refractivity (Wildman–Crippen MR) is 33.7 cm³/mol. The lowest BCUT2D eigenvalue weighted by molar-refractivity contribution is 0.272. The van der Waals surface area contributed by atoms with Gasteiger partial charge in [0.25, 0.3) is 0 Å². The normalized spacial score (nSPS) is 22.9. The molecule has 0 atom stereocenters. The molecular weight excluding hydrogens is 100 g/mol. The lowest BCUT2D eigenvalue weighted by atomic mass is 10.3. The Hall–Kier alpha value is -0.0800. The van der Waals surface area contributed by atoms with Crippen LogP contribution in [0.5, 0.6) is 0 Å². The first-order valence-electron chi connectivity index (χ1n) is 3.18. The summed E-state index contributed by atoms with van der Waals surface area (Å²) in [6.07, 6.45) is 0. The quantitative estimate of drug-likeness (QED) is 0.477. The maximum Gasteiger partial charge on any atom is 0.0652 e. The van der Waals surface area contributed by atoms with Gasteiger partial charge < -0.3 is 0 Å². The lowest BCUT2D eigenvalue weighted by Crippen LogP contribution is -2.28. The third kappa shape index (κ3) is 1.20. The van der Waals surface area contributed by atoms with Crippen molar-refractivity contribution in [1.82, 2.24) is 10.2 Å². The predicted octanol–water partition coefficient (Wildman–Crippen LogP) is 0.272. The topological polar surface area (TPSA) is 17.3 Å². The molecule has 0 aromatic rings. The summed E-state index contributed by atoms with van der Waals surface area (Å²) in [4.78, 5) is 2.36. The van der Waals surface area contributed by atoms with Crippen LogP contribution in [0.1, 0.15) is 13.8 Å². The summed E-state index contributed by atoms with van der Waals surface area (Å²) in [6, 6.07) is 0.682. The maximum absolute atomic E-state index is 4.21. The highest BCUT2D eigenvalue weighted by molar-refractivity contribution is 4.68. The molecule has 0 aromatic heterocycles. The summed E-state index contributed by atoms with van der Waals surface area (Å²) in [5, 5.41) is 4.21. The average molecular weight is 113 g/mol. The van der Waals surface area contributed by atoms with Crippen molar-refractivity contribution >= 4 is 0 Å². The van der Waals surface area contributed by atoms with Gasteiger partial charge in [-0.05, 0) is 13.8 Å². The van der Waals surface area contributed by atoms with Gasteiger partial charge in [0.05, 0.1) is 6.67 Å². The number of hydrogen-bond donors (Lipinski definition) is 0. The molecule has 2 nitrogen and oxygen atoms in total. The highest BCUT2D eigenvalue weighted by Gasteiger charge is 2.13. The van der Waals surface area contributed by atoms with Crippen LogP contribution in [0.15, 0.2) is 0 Å². The van der Waals surface area contributed by atoms with Crippen molar-refractivity contribution in [1.29, 1.82) is 0 Å². The minimum Gasteiger partial charge on any atom is -0.286 e. The zero-order valence-corrected chi connectivity index (χ0v) is 5.59. The SMILES string of the molecule is CC(C)N1CC[N]C1. The molecular formula is C6H13N2. The van der Waals surface area contributed by atoms with E-state index in [1.54, 1.807) is 0 Å². The smallest absolute Gasteiger partial charge is 0.0652 e. The van der Waals surface area contributed by atoms with Gasteiger partial charge in [0.1, 0.15) is 0 Å². The van der Waals surface area contributed by atoms with Gasteiger partial charge >= 0.3 is 0 Å². The zero-order chi connectivity index (χ0) is 5.98. The molecule has 0 aliphatic carbocycles. The Balaban J connectivity index is 2.24. The van der Waals surface area contributed by atoms with E-state index in [9.17, 15) is 0 Å². The van der Waals surface area contributed by atoms with Gasteiger partial charge in [-0.25, -0.2) is 5.32 Å². The fraction of sp³-hybridized carbons (Fsp3) is 1.00. The summed E-state index contributed by atoms with van der Waals surface area (Å²) < 4.78 is 0. The molecule has 1 aliphatic heterocycles. The number of nitrogens with zero attached hydrogens (tertiary/aromatic N) is 2. The molecule has 1 aliphatic rings. The van der Waals surface area contributed by atoms with E-state index in [1.165, 1.54) is 0 Å². The van der Waals surface area contributed by atoms with Crippen LogP contribution in [0, 0.1) is 0 Å². The lowest BCUT2D eigenvalue weighted by Gasteiger charge is -2.17. The Kier molecular flexibility index (Phi) is 1.86. The molecule has 1 rings (SSSR count). The standard InChI is InChI=1S/C6H13N2/c1-6(2)8-4-3-7-5-8/h6H,3-5H2,1-2H3. The van der Waals surface area contributed by atoms with Crippen LogP contribution in [0.3, 0.4) is 0 Å². The fourth-order valence-electron chi connectivity index (χ4n) is 0.891. The molecule has 0 saturated carbocycles. The van der Waals surface area contributed by atoms with Crippen molar-refractivity contribution in [2.75, 3.05) is 19.8 Å². The molecule has 1 fully saturated rings. The Morgan fingerprint density at radius 1 is 1.50 bits per heavy atom. The molecule has 2 heteroatoms. The molecule has 0 N–H and O–H groups in total. The van der Waals surface area contributed by atoms with Crippen LogP contribution >= 0.6 is 0 Å². The maximum atomic E-state index is 4.21. The first-order chi connectivity index (χ1) is 3.80. The Labute approximate surface area is 50.9 Å². The van der Waals surface area contributed by atoms with Crippen LogP contribution in [0.25, 0.3) is 0 Å². The highest BCUT2D eigenvalue weighted by Crippen LogP contribution is 1.99. The first-order valence-corrected chi connectivity index (χ1v) is 3.18. The van der Waals surface area contributed by atoms with Crippen molar-refractivity contribution in [3.8, 4) is 0 Å². The van der Waals surface area contributed by atoms with Gasteiger partial charge in [-0.3, -0.25) is 4.90 Å². The number of rotatable bonds is 1. The second kappa shape index (κ2) is 2.46. The van der Waals surface area contributed by atoms with E-state index in [-0.39, 0.29) is 0 Å². The van der Waals surface area contributed by atoms with E-state index in [4.69, 9.17) is 0 Å². The van der Waals surface area contributed by atoms with E-state index < -0.39 is 0 Å². The third-order valence-corrected chi connectivity index (χ3v) is 1.56. The van der Waals surface area contributed by atoms with Gasteiger partial charge in [-0.2, -0.15) is 0 Å². The Morgan fingerprint density at radius 3 is 2.50 bits per heavy atom. The summed E-state index contributed by atoms with van der Waals surface area (Å²) in [5.74, 6) is 0. The van der Waals surface area contributed by atoms with E-state index in [2.05, 4.69) is 24.1 Å². The van der Waals surface area contributed by atoms with Crippen LogP contribution in [0.2, 0.25) is 0 Å². The molecule has 0 unspecified atom stereocenters. The molecule has 0 bridgehead atoms. The van der Waals surface area contributed by atoms with Crippen molar-refractivity contribution in [2.24, 2.45) is 0 Å². The minimum absolute atomic E-state index is 0.682. The molecule has 0 amide bonds. The highest BCUT2D eigenvalue weighted by atomic mass is 15.3. The molecule has 1 heterocycles. The fourth-order valence-corrected chi connectivity index (χ4v) is 0.891. The van der Waals surface area contributed by atoms with Crippen LogP contribution in [-0.2, 0) is 0 Å². The molecule has 0 spiro atoms. The second-order valence-corrected chi connectivity index (χ2v) is 2.49. The second-order valence-electron chi connectivity index (χ2n) is 2.49. The molecule has 47 valence electrons. The summed E-state index contributed by atoms with van der Waals surface area (Å²) >= 11 is 0. The van der Waals surface area contributed by atoms with E-state index in [1.807, 2.05) is 0 Å². The van der Waals surface area contributed by atoms with E-state index >= 15 is 0 Å². The summed E-state index contributed by atoms with van der Waals surface area (Å²) in [5.41, 5.74) is 0. The van der Waals surface area contributed by atoms with Gasteiger partial charge in [0, 0.05) is 19.1 Å². The molecule has 8 heavy (non-hydrogen) atoms. The molecule has 1 saturated heterocycles.